The number of rotatable bonds is 8. The maximum Gasteiger partial charge on any atom is 0.246 e. The molecule has 0 aliphatic carbocycles. The van der Waals surface area contributed by atoms with Crippen molar-refractivity contribution in [3.8, 4) is 5.75 Å². The highest BCUT2D eigenvalue weighted by atomic mass is 79.9. The maximum atomic E-state index is 13.3. The molecule has 0 unspecified atom stereocenters. The number of hydrogen-bond acceptors (Lipinski definition) is 5. The van der Waals surface area contributed by atoms with Crippen LogP contribution in [-0.2, 0) is 10.0 Å². The van der Waals surface area contributed by atoms with E-state index in [2.05, 4.69) is 39.8 Å². The first-order chi connectivity index (χ1) is 13.4. The van der Waals surface area contributed by atoms with Crippen molar-refractivity contribution < 1.29 is 13.2 Å². The zero-order valence-corrected chi connectivity index (χ0v) is 19.3. The Labute approximate surface area is 178 Å². The molecule has 0 radical (unpaired) electrons. The van der Waals surface area contributed by atoms with Crippen molar-refractivity contribution in [1.82, 2.24) is 14.1 Å². The topological polar surface area (TPSA) is 53.1 Å². The first kappa shape index (κ1) is 22.0. The van der Waals surface area contributed by atoms with Gasteiger partial charge in [-0.3, -0.25) is 0 Å². The van der Waals surface area contributed by atoms with Gasteiger partial charge in [0.2, 0.25) is 10.0 Å². The van der Waals surface area contributed by atoms with E-state index >= 15 is 0 Å². The maximum absolute atomic E-state index is 13.3. The average molecular weight is 474 g/mol. The Balaban J connectivity index is 1.65. The molecule has 2 aliphatic rings. The summed E-state index contributed by atoms with van der Waals surface area (Å²) >= 11 is 3.42. The van der Waals surface area contributed by atoms with Crippen LogP contribution in [0.15, 0.2) is 27.6 Å². The van der Waals surface area contributed by atoms with Gasteiger partial charge in [0.15, 0.2) is 0 Å². The number of sulfonamides is 1. The van der Waals surface area contributed by atoms with Crippen LogP contribution in [0.4, 0.5) is 0 Å². The summed E-state index contributed by atoms with van der Waals surface area (Å²) in [7, 11) is 0.538. The minimum atomic E-state index is -3.57. The Hall–Kier alpha value is -0.670. The molecule has 0 amide bonds. The first-order valence-corrected chi connectivity index (χ1v) is 12.4. The van der Waals surface area contributed by atoms with Gasteiger partial charge in [-0.15, -0.1) is 0 Å². The average Bonchev–Trinajstić information content (AvgIpc) is 3.19. The van der Waals surface area contributed by atoms with Crippen molar-refractivity contribution in [2.45, 2.75) is 43.0 Å². The van der Waals surface area contributed by atoms with Crippen molar-refractivity contribution in [1.29, 1.82) is 0 Å². The van der Waals surface area contributed by atoms with Crippen molar-refractivity contribution in [3.63, 3.8) is 0 Å². The van der Waals surface area contributed by atoms with Crippen LogP contribution >= 0.6 is 15.9 Å². The van der Waals surface area contributed by atoms with E-state index < -0.39 is 10.0 Å². The SMILES string of the molecule is CN(C)C1CCN(S(=O)(=O)c2cc(Br)ccc2OCCCN2CCCC2)CC1. The van der Waals surface area contributed by atoms with E-state index in [1.807, 2.05) is 6.07 Å². The summed E-state index contributed by atoms with van der Waals surface area (Å²) in [6, 6.07) is 5.71. The number of benzene rings is 1. The molecule has 2 heterocycles. The summed E-state index contributed by atoms with van der Waals surface area (Å²) in [5.74, 6) is 0.458. The van der Waals surface area contributed by atoms with E-state index in [1.54, 1.807) is 16.4 Å². The lowest BCUT2D eigenvalue weighted by Crippen LogP contribution is -2.44. The summed E-state index contributed by atoms with van der Waals surface area (Å²) in [6.45, 7) is 4.97. The Morgan fingerprint density at radius 1 is 1.14 bits per heavy atom. The van der Waals surface area contributed by atoms with Gasteiger partial charge >= 0.3 is 0 Å². The van der Waals surface area contributed by atoms with Gasteiger partial charge in [0.05, 0.1) is 6.61 Å². The molecule has 2 aliphatic heterocycles. The second-order valence-corrected chi connectivity index (χ2v) is 10.8. The molecule has 8 heteroatoms. The number of hydrogen-bond donors (Lipinski definition) is 0. The fourth-order valence-electron chi connectivity index (χ4n) is 4.02. The molecule has 0 aromatic heterocycles. The summed E-state index contributed by atoms with van der Waals surface area (Å²) in [6.07, 6.45) is 5.17. The van der Waals surface area contributed by atoms with Crippen LogP contribution in [0, 0.1) is 0 Å². The number of nitrogens with zero attached hydrogens (tertiary/aromatic N) is 3. The van der Waals surface area contributed by atoms with Crippen LogP contribution in [0.5, 0.6) is 5.75 Å². The Kier molecular flexibility index (Phi) is 7.78. The van der Waals surface area contributed by atoms with Crippen LogP contribution < -0.4 is 4.74 Å². The van der Waals surface area contributed by atoms with Crippen molar-refractivity contribution >= 4 is 26.0 Å². The monoisotopic (exact) mass is 473 g/mol. The predicted molar refractivity (Wildman–Crippen MR) is 115 cm³/mol. The third-order valence-electron chi connectivity index (χ3n) is 5.75. The lowest BCUT2D eigenvalue weighted by molar-refractivity contribution is 0.196. The Morgan fingerprint density at radius 2 is 1.82 bits per heavy atom. The number of ether oxygens (including phenoxy) is 1. The molecule has 158 valence electrons. The minimum absolute atomic E-state index is 0.270. The van der Waals surface area contributed by atoms with Crippen molar-refractivity contribution in [2.24, 2.45) is 0 Å². The molecule has 2 fully saturated rings. The van der Waals surface area contributed by atoms with Gasteiger partial charge in [0.1, 0.15) is 10.6 Å². The molecule has 0 saturated carbocycles. The molecule has 1 aromatic carbocycles. The molecule has 0 atom stereocenters. The van der Waals surface area contributed by atoms with Crippen LogP contribution in [0.25, 0.3) is 0 Å². The highest BCUT2D eigenvalue weighted by Gasteiger charge is 2.32. The summed E-state index contributed by atoms with van der Waals surface area (Å²) in [4.78, 5) is 4.89. The molecule has 0 bridgehead atoms. The molecule has 6 nitrogen and oxygen atoms in total. The lowest BCUT2D eigenvalue weighted by atomic mass is 10.1. The normalized spacial score (nSPS) is 20.1. The molecular weight excluding hydrogens is 442 g/mol. The standard InChI is InChI=1S/C20H32BrN3O3S/c1-22(2)18-8-13-24(14-9-18)28(25,26)20-16-17(21)6-7-19(20)27-15-5-12-23-10-3-4-11-23/h6-7,16,18H,3-5,8-15H2,1-2H3. The van der Waals surface area contributed by atoms with E-state index in [4.69, 9.17) is 4.74 Å². The molecule has 3 rings (SSSR count). The molecular formula is C20H32BrN3O3S. The van der Waals surface area contributed by atoms with E-state index in [0.29, 0.717) is 31.5 Å². The quantitative estimate of drug-likeness (QED) is 0.543. The fourth-order valence-corrected chi connectivity index (χ4v) is 6.16. The fraction of sp³-hybridized carbons (Fsp3) is 0.700. The van der Waals surface area contributed by atoms with E-state index in [1.165, 1.54) is 25.9 Å². The first-order valence-electron chi connectivity index (χ1n) is 10.2. The Bertz CT molecular complexity index is 743. The minimum Gasteiger partial charge on any atom is -0.492 e. The highest BCUT2D eigenvalue weighted by Crippen LogP contribution is 2.32. The number of halogens is 1. The van der Waals surface area contributed by atoms with Gasteiger partial charge in [-0.1, -0.05) is 15.9 Å². The molecule has 1 aromatic rings. The van der Waals surface area contributed by atoms with E-state index in [-0.39, 0.29) is 4.90 Å². The summed E-state index contributed by atoms with van der Waals surface area (Å²) in [5.41, 5.74) is 0. The predicted octanol–water partition coefficient (Wildman–Crippen LogP) is 3.03. The number of likely N-dealkylation sites (tertiary alicyclic amines) is 1. The molecule has 2 saturated heterocycles. The van der Waals surface area contributed by atoms with E-state index in [9.17, 15) is 8.42 Å². The van der Waals surface area contributed by atoms with Gasteiger partial charge in [-0.2, -0.15) is 4.31 Å². The molecule has 0 N–H and O–H groups in total. The van der Waals surface area contributed by atoms with Crippen molar-refractivity contribution in [2.75, 3.05) is 53.4 Å². The van der Waals surface area contributed by atoms with Gasteiger partial charge in [-0.25, -0.2) is 8.42 Å². The van der Waals surface area contributed by atoms with Crippen LogP contribution in [0.3, 0.4) is 0 Å². The second kappa shape index (κ2) is 9.89. The highest BCUT2D eigenvalue weighted by molar-refractivity contribution is 9.10. The third kappa shape index (κ3) is 5.48. The second-order valence-electron chi connectivity index (χ2n) is 7.94. The van der Waals surface area contributed by atoms with Crippen LogP contribution in [0.1, 0.15) is 32.1 Å². The zero-order chi connectivity index (χ0) is 20.1. The zero-order valence-electron chi connectivity index (χ0n) is 16.9. The van der Waals surface area contributed by atoms with Crippen LogP contribution in [0.2, 0.25) is 0 Å². The van der Waals surface area contributed by atoms with Crippen LogP contribution in [-0.4, -0.2) is 82.0 Å². The lowest BCUT2D eigenvalue weighted by Gasteiger charge is -2.34. The summed E-state index contributed by atoms with van der Waals surface area (Å²) < 4.78 is 34.8. The third-order valence-corrected chi connectivity index (χ3v) is 8.17. The Morgan fingerprint density at radius 3 is 2.46 bits per heavy atom. The van der Waals surface area contributed by atoms with Crippen molar-refractivity contribution in [3.05, 3.63) is 22.7 Å². The van der Waals surface area contributed by atoms with E-state index in [0.717, 1.165) is 30.3 Å². The molecule has 28 heavy (non-hydrogen) atoms. The smallest absolute Gasteiger partial charge is 0.246 e. The van der Waals surface area contributed by atoms with Gasteiger partial charge in [0.25, 0.3) is 0 Å². The van der Waals surface area contributed by atoms with Gasteiger partial charge in [-0.05, 0) is 77.5 Å². The summed E-state index contributed by atoms with van der Waals surface area (Å²) in [5, 5.41) is 0. The van der Waals surface area contributed by atoms with Gasteiger partial charge < -0.3 is 14.5 Å². The largest absolute Gasteiger partial charge is 0.492 e. The number of piperidine rings is 1. The van der Waals surface area contributed by atoms with Gasteiger partial charge in [0, 0.05) is 30.1 Å². The molecule has 0 spiro atoms.